The first-order chi connectivity index (χ1) is 8.31. The summed E-state index contributed by atoms with van der Waals surface area (Å²) in [5.74, 6) is 7.54. The van der Waals surface area contributed by atoms with Crippen LogP contribution in [0.3, 0.4) is 0 Å². The first-order valence-electron chi connectivity index (χ1n) is 5.91. The maximum Gasteiger partial charge on any atom is 0.148 e. The molecule has 2 heterocycles. The monoisotopic (exact) mass is 237 g/mol. The minimum absolute atomic E-state index is 0.660. The lowest BCUT2D eigenvalue weighted by atomic mass is 10.0. The highest BCUT2D eigenvalue weighted by molar-refractivity contribution is 5.55. The third-order valence-corrected chi connectivity index (χ3v) is 3.12. The molecule has 1 aromatic rings. The molecule has 17 heavy (non-hydrogen) atoms. The Hall–Kier alpha value is -1.40. The first-order valence-corrected chi connectivity index (χ1v) is 5.91. The van der Waals surface area contributed by atoms with Gasteiger partial charge in [0, 0.05) is 25.3 Å². The number of hydrogen-bond acceptors (Lipinski definition) is 6. The van der Waals surface area contributed by atoms with Gasteiger partial charge in [0.1, 0.15) is 18.0 Å². The molecule has 0 unspecified atom stereocenters. The van der Waals surface area contributed by atoms with Crippen molar-refractivity contribution in [2.75, 3.05) is 30.5 Å². The molecule has 0 saturated carbocycles. The van der Waals surface area contributed by atoms with Crippen molar-refractivity contribution in [3.8, 4) is 0 Å². The summed E-state index contributed by atoms with van der Waals surface area (Å²) < 4.78 is 5.33. The maximum absolute atomic E-state index is 5.37. The van der Waals surface area contributed by atoms with Crippen LogP contribution in [0.5, 0.6) is 0 Å². The van der Waals surface area contributed by atoms with Crippen molar-refractivity contribution in [1.82, 2.24) is 9.97 Å². The smallest absolute Gasteiger partial charge is 0.148 e. The fraction of sp³-hybridized carbons (Fsp3) is 0.636. The van der Waals surface area contributed by atoms with E-state index in [0.29, 0.717) is 11.7 Å². The summed E-state index contributed by atoms with van der Waals surface area (Å²) in [5.41, 5.74) is 3.51. The van der Waals surface area contributed by atoms with Gasteiger partial charge < -0.3 is 15.5 Å². The number of rotatable bonds is 4. The fourth-order valence-corrected chi connectivity index (χ4v) is 1.97. The molecule has 2 rings (SSSR count). The van der Waals surface area contributed by atoms with Crippen LogP contribution in [0.4, 0.5) is 11.6 Å². The lowest BCUT2D eigenvalue weighted by Crippen LogP contribution is -2.23. The summed E-state index contributed by atoms with van der Waals surface area (Å²) in [5, 5.41) is 3.36. The standard InChI is InChI=1S/C11H19N5O/c1-8-10(14-7-15-11(8)16-12)13-6-9-2-4-17-5-3-9/h7,9H,2-6,12H2,1H3,(H2,13,14,15,16). The highest BCUT2D eigenvalue weighted by atomic mass is 16.5. The van der Waals surface area contributed by atoms with Crippen LogP contribution in [0.25, 0.3) is 0 Å². The summed E-state index contributed by atoms with van der Waals surface area (Å²) in [6.45, 7) is 4.60. The minimum Gasteiger partial charge on any atom is -0.381 e. The molecule has 1 aliphatic rings. The summed E-state index contributed by atoms with van der Waals surface area (Å²) in [7, 11) is 0. The van der Waals surface area contributed by atoms with Crippen LogP contribution in [-0.2, 0) is 4.74 Å². The maximum atomic E-state index is 5.37. The summed E-state index contributed by atoms with van der Waals surface area (Å²) in [6.07, 6.45) is 3.73. The van der Waals surface area contributed by atoms with Crippen molar-refractivity contribution in [3.63, 3.8) is 0 Å². The Labute approximate surface area is 101 Å². The molecular weight excluding hydrogens is 218 g/mol. The minimum atomic E-state index is 0.660. The molecule has 6 nitrogen and oxygen atoms in total. The molecule has 0 radical (unpaired) electrons. The van der Waals surface area contributed by atoms with Crippen LogP contribution >= 0.6 is 0 Å². The molecule has 1 saturated heterocycles. The van der Waals surface area contributed by atoms with Crippen molar-refractivity contribution < 1.29 is 4.74 Å². The molecule has 94 valence electrons. The predicted molar refractivity (Wildman–Crippen MR) is 66.6 cm³/mol. The number of nitrogens with one attached hydrogen (secondary N) is 2. The Bertz CT molecular complexity index is 365. The zero-order valence-electron chi connectivity index (χ0n) is 10.1. The number of nitrogens with zero attached hydrogens (tertiary/aromatic N) is 2. The Balaban J connectivity index is 1.93. The Kier molecular flexibility index (Phi) is 4.11. The van der Waals surface area contributed by atoms with Gasteiger partial charge in [0.2, 0.25) is 0 Å². The molecule has 1 fully saturated rings. The number of anilines is 2. The van der Waals surface area contributed by atoms with Crippen molar-refractivity contribution in [3.05, 3.63) is 11.9 Å². The van der Waals surface area contributed by atoms with E-state index in [9.17, 15) is 0 Å². The second-order valence-electron chi connectivity index (χ2n) is 4.28. The SMILES string of the molecule is Cc1c(NN)ncnc1NCC1CCOCC1. The van der Waals surface area contributed by atoms with E-state index in [0.717, 1.165) is 44.0 Å². The van der Waals surface area contributed by atoms with E-state index in [4.69, 9.17) is 10.6 Å². The summed E-state index contributed by atoms with van der Waals surface area (Å²) in [4.78, 5) is 8.27. The molecule has 4 N–H and O–H groups in total. The molecule has 0 amide bonds. The van der Waals surface area contributed by atoms with E-state index in [1.807, 2.05) is 6.92 Å². The van der Waals surface area contributed by atoms with E-state index < -0.39 is 0 Å². The normalized spacial score (nSPS) is 16.8. The van der Waals surface area contributed by atoms with Crippen LogP contribution in [0.15, 0.2) is 6.33 Å². The van der Waals surface area contributed by atoms with Gasteiger partial charge in [0.05, 0.1) is 0 Å². The molecule has 0 aliphatic carbocycles. The second-order valence-corrected chi connectivity index (χ2v) is 4.28. The fourth-order valence-electron chi connectivity index (χ4n) is 1.97. The molecule has 1 aliphatic heterocycles. The first kappa shape index (κ1) is 12.1. The van der Waals surface area contributed by atoms with Crippen LogP contribution in [0.2, 0.25) is 0 Å². The number of nitrogens with two attached hydrogens (primary N) is 1. The van der Waals surface area contributed by atoms with Crippen LogP contribution in [0.1, 0.15) is 18.4 Å². The van der Waals surface area contributed by atoms with E-state index in [1.165, 1.54) is 6.33 Å². The van der Waals surface area contributed by atoms with Crippen molar-refractivity contribution in [2.24, 2.45) is 11.8 Å². The third kappa shape index (κ3) is 3.04. The van der Waals surface area contributed by atoms with E-state index in [1.54, 1.807) is 0 Å². The zero-order valence-corrected chi connectivity index (χ0v) is 10.1. The zero-order chi connectivity index (χ0) is 12.1. The summed E-state index contributed by atoms with van der Waals surface area (Å²) >= 11 is 0. The molecule has 0 bridgehead atoms. The quantitative estimate of drug-likeness (QED) is 0.533. The van der Waals surface area contributed by atoms with Crippen LogP contribution in [-0.4, -0.2) is 29.7 Å². The molecule has 0 atom stereocenters. The third-order valence-electron chi connectivity index (χ3n) is 3.12. The molecule has 0 aromatic carbocycles. The number of hydrazine groups is 1. The Morgan fingerprint density at radius 3 is 2.76 bits per heavy atom. The lowest BCUT2D eigenvalue weighted by Gasteiger charge is -2.22. The number of ether oxygens (including phenoxy) is 1. The highest BCUT2D eigenvalue weighted by Crippen LogP contribution is 2.19. The topological polar surface area (TPSA) is 85.1 Å². The average Bonchev–Trinajstić information content (AvgIpc) is 2.39. The van der Waals surface area contributed by atoms with Gasteiger partial charge in [-0.15, -0.1) is 0 Å². The Morgan fingerprint density at radius 2 is 2.06 bits per heavy atom. The Morgan fingerprint density at radius 1 is 1.35 bits per heavy atom. The van der Waals surface area contributed by atoms with E-state index in [-0.39, 0.29) is 0 Å². The second kappa shape index (κ2) is 5.79. The number of hydrogen-bond donors (Lipinski definition) is 3. The van der Waals surface area contributed by atoms with Gasteiger partial charge in [-0.1, -0.05) is 0 Å². The van der Waals surface area contributed by atoms with Gasteiger partial charge in [0.15, 0.2) is 0 Å². The molecular formula is C11H19N5O. The summed E-state index contributed by atoms with van der Waals surface area (Å²) in [6, 6.07) is 0. The van der Waals surface area contributed by atoms with Crippen LogP contribution < -0.4 is 16.6 Å². The van der Waals surface area contributed by atoms with Crippen molar-refractivity contribution in [2.45, 2.75) is 19.8 Å². The van der Waals surface area contributed by atoms with Gasteiger partial charge in [0.25, 0.3) is 0 Å². The molecule has 0 spiro atoms. The van der Waals surface area contributed by atoms with Gasteiger partial charge in [-0.2, -0.15) is 0 Å². The molecule has 1 aromatic heterocycles. The van der Waals surface area contributed by atoms with Gasteiger partial charge in [-0.25, -0.2) is 15.8 Å². The van der Waals surface area contributed by atoms with E-state index in [2.05, 4.69) is 20.7 Å². The van der Waals surface area contributed by atoms with Gasteiger partial charge >= 0.3 is 0 Å². The average molecular weight is 237 g/mol. The van der Waals surface area contributed by atoms with E-state index >= 15 is 0 Å². The number of nitrogen functional groups attached to an aromatic ring is 1. The largest absolute Gasteiger partial charge is 0.381 e. The van der Waals surface area contributed by atoms with Gasteiger partial charge in [-0.3, -0.25) is 0 Å². The van der Waals surface area contributed by atoms with Crippen molar-refractivity contribution in [1.29, 1.82) is 0 Å². The van der Waals surface area contributed by atoms with Gasteiger partial charge in [-0.05, 0) is 25.7 Å². The molecule has 6 heteroatoms. The van der Waals surface area contributed by atoms with Crippen LogP contribution in [0, 0.1) is 12.8 Å². The lowest BCUT2D eigenvalue weighted by molar-refractivity contribution is 0.0699. The highest BCUT2D eigenvalue weighted by Gasteiger charge is 2.14. The van der Waals surface area contributed by atoms with Crippen molar-refractivity contribution >= 4 is 11.6 Å². The number of aromatic nitrogens is 2. The predicted octanol–water partition coefficient (Wildman–Crippen LogP) is 0.909.